The van der Waals surface area contributed by atoms with Crippen LogP contribution in [0.2, 0.25) is 0 Å². The van der Waals surface area contributed by atoms with E-state index in [9.17, 15) is 18.0 Å². The number of amides is 2. The number of anilines is 2. The minimum atomic E-state index is -4.74. The molecule has 2 N–H and O–H groups in total. The highest BCUT2D eigenvalue weighted by atomic mass is 32.1. The maximum atomic E-state index is 13.6. The van der Waals surface area contributed by atoms with Crippen molar-refractivity contribution in [1.82, 2.24) is 34.8 Å². The maximum absolute atomic E-state index is 13.6. The number of alkyl halides is 3. The Morgan fingerprint density at radius 3 is 2.50 bits per heavy atom. The molecular formula is C20H20F3N9OS. The van der Waals surface area contributed by atoms with Crippen molar-refractivity contribution in [2.75, 3.05) is 24.7 Å². The predicted octanol–water partition coefficient (Wildman–Crippen LogP) is 4.26. The van der Waals surface area contributed by atoms with Gasteiger partial charge < -0.3 is 15.5 Å². The van der Waals surface area contributed by atoms with Crippen molar-refractivity contribution in [2.45, 2.75) is 26.1 Å². The normalized spacial score (nSPS) is 12.8. The monoisotopic (exact) mass is 491 g/mol. The summed E-state index contributed by atoms with van der Waals surface area (Å²) in [6.45, 7) is 3.82. The molecule has 4 aromatic rings. The third kappa shape index (κ3) is 4.68. The van der Waals surface area contributed by atoms with E-state index in [-0.39, 0.29) is 11.7 Å². The van der Waals surface area contributed by atoms with Crippen LogP contribution in [0.25, 0.3) is 16.2 Å². The smallest absolute Gasteiger partial charge is 0.306 e. The Kier molecular flexibility index (Phi) is 6.18. The molecule has 0 aliphatic carbocycles. The van der Waals surface area contributed by atoms with Crippen molar-refractivity contribution in [3.05, 3.63) is 47.0 Å². The highest BCUT2D eigenvalue weighted by Crippen LogP contribution is 2.35. The predicted molar refractivity (Wildman–Crippen MR) is 121 cm³/mol. The van der Waals surface area contributed by atoms with E-state index in [4.69, 9.17) is 0 Å². The molecule has 10 nitrogen and oxygen atoms in total. The average Bonchev–Trinajstić information content (AvgIpc) is 3.41. The number of carbonyl (C=O) groups is 1. The van der Waals surface area contributed by atoms with Crippen molar-refractivity contribution in [3.63, 3.8) is 0 Å². The zero-order chi connectivity index (χ0) is 24.6. The second kappa shape index (κ2) is 8.95. The van der Waals surface area contributed by atoms with E-state index in [1.807, 2.05) is 32.8 Å². The van der Waals surface area contributed by atoms with Crippen LogP contribution in [0.3, 0.4) is 0 Å². The minimum Gasteiger partial charge on any atom is -0.306 e. The summed E-state index contributed by atoms with van der Waals surface area (Å²) in [6.07, 6.45) is 0.351. The Morgan fingerprint density at radius 2 is 1.85 bits per heavy atom. The molecule has 0 spiro atoms. The van der Waals surface area contributed by atoms with Crippen LogP contribution in [0.1, 0.15) is 29.1 Å². The molecule has 0 aliphatic heterocycles. The lowest BCUT2D eigenvalue weighted by atomic mass is 10.1. The first-order chi connectivity index (χ1) is 16.0. The highest BCUT2D eigenvalue weighted by molar-refractivity contribution is 7.18. The van der Waals surface area contributed by atoms with Crippen molar-refractivity contribution in [3.8, 4) is 5.82 Å². The number of aryl methyl sites for hydroxylation is 1. The number of aromatic nitrogens is 6. The second-order valence-electron chi connectivity index (χ2n) is 7.60. The molecule has 0 radical (unpaired) electrons. The molecule has 4 aromatic heterocycles. The van der Waals surface area contributed by atoms with E-state index >= 15 is 0 Å². The Hall–Kier alpha value is -3.65. The lowest BCUT2D eigenvalue weighted by Crippen LogP contribution is -2.24. The van der Waals surface area contributed by atoms with E-state index in [2.05, 4.69) is 35.8 Å². The van der Waals surface area contributed by atoms with Crippen molar-refractivity contribution >= 4 is 39.1 Å². The largest absolute Gasteiger partial charge is 0.420 e. The molecule has 34 heavy (non-hydrogen) atoms. The molecule has 0 bridgehead atoms. The van der Waals surface area contributed by atoms with Crippen LogP contribution in [0, 0.1) is 6.92 Å². The molecular weight excluding hydrogens is 471 g/mol. The molecule has 2 amide bonds. The van der Waals surface area contributed by atoms with Gasteiger partial charge in [0.15, 0.2) is 5.82 Å². The molecule has 4 rings (SSSR count). The lowest BCUT2D eigenvalue weighted by Gasteiger charge is -2.23. The molecule has 178 valence electrons. The van der Waals surface area contributed by atoms with Gasteiger partial charge in [0.05, 0.1) is 41.2 Å². The maximum Gasteiger partial charge on any atom is 0.420 e. The summed E-state index contributed by atoms with van der Waals surface area (Å²) >= 11 is 1.43. The number of nitrogens with one attached hydrogen (secondary N) is 2. The van der Waals surface area contributed by atoms with E-state index < -0.39 is 23.6 Å². The van der Waals surface area contributed by atoms with Gasteiger partial charge in [-0.05, 0) is 34.0 Å². The summed E-state index contributed by atoms with van der Waals surface area (Å²) in [5.74, 6) is -0.501. The number of pyridine rings is 2. The molecule has 0 fully saturated rings. The number of rotatable bonds is 5. The molecule has 14 heteroatoms. The average molecular weight is 492 g/mol. The molecule has 0 saturated heterocycles. The van der Waals surface area contributed by atoms with Gasteiger partial charge in [-0.15, -0.1) is 4.80 Å². The van der Waals surface area contributed by atoms with Gasteiger partial charge in [-0.1, -0.05) is 11.3 Å². The van der Waals surface area contributed by atoms with Crippen LogP contribution in [0.4, 0.5) is 29.3 Å². The fourth-order valence-corrected chi connectivity index (χ4v) is 4.06. The van der Waals surface area contributed by atoms with Gasteiger partial charge in [0.25, 0.3) is 0 Å². The Morgan fingerprint density at radius 1 is 1.15 bits per heavy atom. The van der Waals surface area contributed by atoms with Gasteiger partial charge >= 0.3 is 12.2 Å². The molecule has 0 aromatic carbocycles. The summed E-state index contributed by atoms with van der Waals surface area (Å²) in [6, 6.07) is -0.0956. The number of thiazole rings is 1. The van der Waals surface area contributed by atoms with Crippen molar-refractivity contribution in [2.24, 2.45) is 0 Å². The third-order valence-corrected chi connectivity index (χ3v) is 5.93. The van der Waals surface area contributed by atoms with Crippen molar-refractivity contribution < 1.29 is 18.0 Å². The Balaban J connectivity index is 1.64. The standard InChI is InChI=1S/C20H20F3N9OS/c1-10(31(3)4)15-14(9-25-18-16(15)28-11(2)34-18)30-19(33)29-12-7-13(20(21,22)23)17(24-8-12)32-26-5-6-27-32/h5-10H,1-4H3,(H2,29,30,33). The van der Waals surface area contributed by atoms with Crippen LogP contribution in [-0.2, 0) is 6.18 Å². The molecule has 1 atom stereocenters. The van der Waals surface area contributed by atoms with E-state index in [1.54, 1.807) is 0 Å². The fraction of sp³-hybridized carbons (Fsp3) is 0.300. The molecule has 0 saturated carbocycles. The number of hydrogen-bond acceptors (Lipinski definition) is 8. The quantitative estimate of drug-likeness (QED) is 0.429. The van der Waals surface area contributed by atoms with Gasteiger partial charge in [-0.25, -0.2) is 19.7 Å². The number of hydrogen-bond donors (Lipinski definition) is 2. The van der Waals surface area contributed by atoms with Crippen LogP contribution in [0.15, 0.2) is 30.9 Å². The lowest BCUT2D eigenvalue weighted by molar-refractivity contribution is -0.137. The van der Waals surface area contributed by atoms with Gasteiger partial charge in [-0.3, -0.25) is 0 Å². The number of carbonyl (C=O) groups excluding carboxylic acids is 1. The van der Waals surface area contributed by atoms with Crippen LogP contribution >= 0.6 is 11.3 Å². The Bertz CT molecular complexity index is 1340. The van der Waals surface area contributed by atoms with Crippen LogP contribution in [-0.4, -0.2) is 55.0 Å². The number of halogens is 3. The minimum absolute atomic E-state index is 0.123. The second-order valence-corrected chi connectivity index (χ2v) is 8.78. The zero-order valence-electron chi connectivity index (χ0n) is 18.5. The number of fused-ring (bicyclic) bond motifs is 1. The van der Waals surface area contributed by atoms with Gasteiger partial charge in [0.1, 0.15) is 15.9 Å². The van der Waals surface area contributed by atoms with Gasteiger partial charge in [-0.2, -0.15) is 23.4 Å². The SMILES string of the molecule is Cc1nc2c(C(C)N(C)C)c(NC(=O)Nc3cnc(-n4nccn4)c(C(F)(F)F)c3)cnc2s1. The Labute approximate surface area is 195 Å². The molecule has 0 aliphatic rings. The molecule has 4 heterocycles. The van der Waals surface area contributed by atoms with Crippen LogP contribution < -0.4 is 10.6 Å². The third-order valence-electron chi connectivity index (χ3n) is 5.05. The summed E-state index contributed by atoms with van der Waals surface area (Å²) < 4.78 is 40.8. The topological polar surface area (TPSA) is 114 Å². The first-order valence-electron chi connectivity index (χ1n) is 9.99. The van der Waals surface area contributed by atoms with Gasteiger partial charge in [0.2, 0.25) is 0 Å². The first-order valence-corrected chi connectivity index (χ1v) is 10.8. The number of nitrogens with zero attached hydrogens (tertiary/aromatic N) is 7. The summed E-state index contributed by atoms with van der Waals surface area (Å²) in [5.41, 5.74) is 0.575. The van der Waals surface area contributed by atoms with E-state index in [0.29, 0.717) is 11.2 Å². The highest BCUT2D eigenvalue weighted by Gasteiger charge is 2.36. The summed E-state index contributed by atoms with van der Waals surface area (Å²) in [7, 11) is 3.78. The fourth-order valence-electron chi connectivity index (χ4n) is 3.28. The van der Waals surface area contributed by atoms with Crippen LogP contribution in [0.5, 0.6) is 0 Å². The zero-order valence-corrected chi connectivity index (χ0v) is 19.4. The number of urea groups is 1. The summed E-state index contributed by atoms with van der Waals surface area (Å²) in [5, 5.41) is 13.3. The first kappa shape index (κ1) is 23.5. The van der Waals surface area contributed by atoms with E-state index in [0.717, 1.165) is 32.5 Å². The van der Waals surface area contributed by atoms with E-state index in [1.165, 1.54) is 29.9 Å². The van der Waals surface area contributed by atoms with Gasteiger partial charge in [0, 0.05) is 11.6 Å². The molecule has 1 unspecified atom stereocenters. The summed E-state index contributed by atoms with van der Waals surface area (Å²) in [4.78, 5) is 28.9. The van der Waals surface area contributed by atoms with Crippen molar-refractivity contribution in [1.29, 1.82) is 0 Å².